The fourth-order valence-corrected chi connectivity index (χ4v) is 3.23. The van der Waals surface area contributed by atoms with Gasteiger partial charge in [-0.2, -0.15) is 4.98 Å². The number of methoxy groups -OCH3 is 1. The van der Waals surface area contributed by atoms with Crippen LogP contribution in [0.5, 0.6) is 5.75 Å². The van der Waals surface area contributed by atoms with Crippen molar-refractivity contribution < 1.29 is 14.1 Å². The highest BCUT2D eigenvalue weighted by Gasteiger charge is 2.16. The predicted octanol–water partition coefficient (Wildman–Crippen LogP) is 4.73. The first kappa shape index (κ1) is 17.0. The number of para-hydroxylation sites is 1. The number of thiophene rings is 1. The third kappa shape index (κ3) is 3.58. The Morgan fingerprint density at radius 3 is 2.81 bits per heavy atom. The average molecular weight is 377 g/mol. The van der Waals surface area contributed by atoms with Crippen LogP contribution in [0.25, 0.3) is 22.2 Å². The fourth-order valence-electron chi connectivity index (χ4n) is 2.58. The van der Waals surface area contributed by atoms with E-state index in [9.17, 15) is 4.79 Å². The van der Waals surface area contributed by atoms with E-state index < -0.39 is 0 Å². The monoisotopic (exact) mass is 377 g/mol. The maximum Gasteiger partial charge on any atom is 0.260 e. The highest BCUT2D eigenvalue weighted by Crippen LogP contribution is 2.30. The molecule has 0 bridgehead atoms. The van der Waals surface area contributed by atoms with Crippen LogP contribution in [0.3, 0.4) is 0 Å². The summed E-state index contributed by atoms with van der Waals surface area (Å²) in [7, 11) is 1.56. The molecule has 0 unspecified atom stereocenters. The van der Waals surface area contributed by atoms with Crippen molar-refractivity contribution in [2.75, 3.05) is 12.4 Å². The van der Waals surface area contributed by atoms with Gasteiger partial charge in [-0.15, -0.1) is 11.3 Å². The van der Waals surface area contributed by atoms with Crippen LogP contribution in [0.4, 0.5) is 5.69 Å². The Labute approximate surface area is 159 Å². The second-order valence-corrected chi connectivity index (χ2v) is 6.58. The molecule has 0 aliphatic carbocycles. The van der Waals surface area contributed by atoms with Crippen molar-refractivity contribution in [3.05, 3.63) is 71.6 Å². The molecule has 2 heterocycles. The van der Waals surface area contributed by atoms with Gasteiger partial charge in [0.25, 0.3) is 11.8 Å². The van der Waals surface area contributed by atoms with Gasteiger partial charge in [0.15, 0.2) is 0 Å². The van der Waals surface area contributed by atoms with Gasteiger partial charge in [0.2, 0.25) is 5.82 Å². The van der Waals surface area contributed by atoms with Crippen molar-refractivity contribution in [1.82, 2.24) is 10.1 Å². The van der Waals surface area contributed by atoms with Crippen molar-refractivity contribution in [3.8, 4) is 27.9 Å². The molecular formula is C20H15N3O3S. The second kappa shape index (κ2) is 7.43. The molecule has 134 valence electrons. The Bertz CT molecular complexity index is 1070. The normalized spacial score (nSPS) is 10.6. The molecule has 0 aliphatic rings. The number of hydrogen-bond donors (Lipinski definition) is 1. The summed E-state index contributed by atoms with van der Waals surface area (Å²) in [6.07, 6.45) is 0. The maximum atomic E-state index is 12.6. The fraction of sp³-hybridized carbons (Fsp3) is 0.0500. The van der Waals surface area contributed by atoms with E-state index in [1.165, 1.54) is 11.3 Å². The number of nitrogens with one attached hydrogen (secondary N) is 1. The molecule has 1 amide bonds. The number of anilines is 1. The molecule has 0 saturated carbocycles. The summed E-state index contributed by atoms with van der Waals surface area (Å²) in [4.78, 5) is 18.0. The molecule has 27 heavy (non-hydrogen) atoms. The number of aromatic nitrogens is 2. The smallest absolute Gasteiger partial charge is 0.260 e. The number of rotatable bonds is 5. The van der Waals surface area contributed by atoms with Gasteiger partial charge in [-0.3, -0.25) is 4.79 Å². The molecule has 0 aliphatic heterocycles. The van der Waals surface area contributed by atoms with Crippen LogP contribution < -0.4 is 10.1 Å². The number of benzene rings is 2. The number of amides is 1. The number of hydrogen-bond acceptors (Lipinski definition) is 6. The molecule has 2 aromatic carbocycles. The van der Waals surface area contributed by atoms with Gasteiger partial charge >= 0.3 is 0 Å². The Morgan fingerprint density at radius 1 is 1.11 bits per heavy atom. The Balaban J connectivity index is 1.62. The van der Waals surface area contributed by atoms with E-state index in [2.05, 4.69) is 15.5 Å². The number of carbonyl (C=O) groups is 1. The van der Waals surface area contributed by atoms with Crippen molar-refractivity contribution in [1.29, 1.82) is 0 Å². The van der Waals surface area contributed by atoms with E-state index in [1.807, 2.05) is 35.7 Å². The second-order valence-electron chi connectivity index (χ2n) is 5.63. The lowest BCUT2D eigenvalue weighted by Gasteiger charge is -2.09. The molecule has 0 saturated heterocycles. The molecule has 0 radical (unpaired) electrons. The van der Waals surface area contributed by atoms with Crippen LogP contribution in [0, 0.1) is 0 Å². The lowest BCUT2D eigenvalue weighted by atomic mass is 10.1. The van der Waals surface area contributed by atoms with Crippen LogP contribution in [-0.2, 0) is 0 Å². The molecule has 0 spiro atoms. The molecule has 7 heteroatoms. The van der Waals surface area contributed by atoms with E-state index in [4.69, 9.17) is 9.26 Å². The van der Waals surface area contributed by atoms with Crippen LogP contribution in [-0.4, -0.2) is 23.2 Å². The quantitative estimate of drug-likeness (QED) is 0.544. The molecule has 6 nitrogen and oxygen atoms in total. The first-order valence-electron chi connectivity index (χ1n) is 8.17. The van der Waals surface area contributed by atoms with Crippen LogP contribution in [0.1, 0.15) is 10.4 Å². The Morgan fingerprint density at radius 2 is 2.00 bits per heavy atom. The standard InChI is InChI=1S/C20H15N3O3S/c1-25-14-7-4-6-13(12-14)19(24)21-16-9-3-2-8-15(16)20-22-18(23-26-20)17-10-5-11-27-17/h2-12H,1H3,(H,21,24). The third-order valence-corrected chi connectivity index (χ3v) is 4.77. The first-order chi connectivity index (χ1) is 13.2. The van der Waals surface area contributed by atoms with Crippen LogP contribution in [0.2, 0.25) is 0 Å². The lowest BCUT2D eigenvalue weighted by Crippen LogP contribution is -2.12. The topological polar surface area (TPSA) is 77.2 Å². The molecule has 1 N–H and O–H groups in total. The average Bonchev–Trinajstić information content (AvgIpc) is 3.40. The minimum atomic E-state index is -0.251. The molecular weight excluding hydrogens is 362 g/mol. The highest BCUT2D eigenvalue weighted by molar-refractivity contribution is 7.13. The van der Waals surface area contributed by atoms with E-state index >= 15 is 0 Å². The first-order valence-corrected chi connectivity index (χ1v) is 9.05. The zero-order valence-electron chi connectivity index (χ0n) is 14.4. The minimum Gasteiger partial charge on any atom is -0.497 e. The Kier molecular flexibility index (Phi) is 4.67. The van der Waals surface area contributed by atoms with Crippen LogP contribution in [0.15, 0.2) is 70.6 Å². The third-order valence-electron chi connectivity index (χ3n) is 3.91. The van der Waals surface area contributed by atoms with Crippen molar-refractivity contribution >= 4 is 22.9 Å². The maximum absolute atomic E-state index is 12.6. The van der Waals surface area contributed by atoms with Gasteiger partial charge in [0.1, 0.15) is 5.75 Å². The van der Waals surface area contributed by atoms with Gasteiger partial charge in [0.05, 0.1) is 23.2 Å². The van der Waals surface area contributed by atoms with Gasteiger partial charge in [-0.25, -0.2) is 0 Å². The zero-order chi connectivity index (χ0) is 18.6. The van der Waals surface area contributed by atoms with E-state index in [0.29, 0.717) is 34.3 Å². The van der Waals surface area contributed by atoms with Gasteiger partial charge in [-0.05, 0) is 41.8 Å². The largest absolute Gasteiger partial charge is 0.497 e. The van der Waals surface area contributed by atoms with Gasteiger partial charge < -0.3 is 14.6 Å². The molecule has 0 fully saturated rings. The van der Waals surface area contributed by atoms with E-state index in [-0.39, 0.29) is 5.91 Å². The molecule has 0 atom stereocenters. The summed E-state index contributed by atoms with van der Waals surface area (Å²) >= 11 is 1.53. The minimum absolute atomic E-state index is 0.251. The summed E-state index contributed by atoms with van der Waals surface area (Å²) in [5.41, 5.74) is 1.74. The van der Waals surface area contributed by atoms with Crippen molar-refractivity contribution in [3.63, 3.8) is 0 Å². The SMILES string of the molecule is COc1cccc(C(=O)Nc2ccccc2-c2nc(-c3cccs3)no2)c1. The lowest BCUT2D eigenvalue weighted by molar-refractivity contribution is 0.102. The number of nitrogens with zero attached hydrogens (tertiary/aromatic N) is 2. The summed E-state index contributed by atoms with van der Waals surface area (Å²) in [5.74, 6) is 1.24. The molecule has 2 aromatic heterocycles. The summed E-state index contributed by atoms with van der Waals surface area (Å²) in [6, 6.07) is 18.1. The van der Waals surface area contributed by atoms with Crippen molar-refractivity contribution in [2.24, 2.45) is 0 Å². The van der Waals surface area contributed by atoms with E-state index in [1.54, 1.807) is 37.4 Å². The number of ether oxygens (including phenoxy) is 1. The zero-order valence-corrected chi connectivity index (χ0v) is 15.2. The van der Waals surface area contributed by atoms with Crippen LogP contribution >= 0.6 is 11.3 Å². The van der Waals surface area contributed by atoms with Crippen molar-refractivity contribution in [2.45, 2.75) is 0 Å². The highest BCUT2D eigenvalue weighted by atomic mass is 32.1. The summed E-state index contributed by atoms with van der Waals surface area (Å²) < 4.78 is 10.6. The Hall–Kier alpha value is -3.45. The van der Waals surface area contributed by atoms with E-state index in [0.717, 1.165) is 4.88 Å². The molecule has 4 aromatic rings. The molecule has 4 rings (SSSR count). The van der Waals surface area contributed by atoms with Gasteiger partial charge in [0, 0.05) is 5.56 Å². The number of carbonyl (C=O) groups excluding carboxylic acids is 1. The summed E-state index contributed by atoms with van der Waals surface area (Å²) in [5, 5.41) is 8.88. The predicted molar refractivity (Wildman–Crippen MR) is 104 cm³/mol. The van der Waals surface area contributed by atoms with Gasteiger partial charge in [-0.1, -0.05) is 29.4 Å². The summed E-state index contributed by atoms with van der Waals surface area (Å²) in [6.45, 7) is 0.